The van der Waals surface area contributed by atoms with Crippen LogP contribution in [0.4, 0.5) is 0 Å². The van der Waals surface area contributed by atoms with Crippen LogP contribution in [0.2, 0.25) is 0 Å². The summed E-state index contributed by atoms with van der Waals surface area (Å²) in [4.78, 5) is 32.0. The number of aromatic nitrogens is 2. The van der Waals surface area contributed by atoms with Gasteiger partial charge in [-0.3, -0.25) is 14.2 Å². The Bertz CT molecular complexity index is 1170. The van der Waals surface area contributed by atoms with Crippen LogP contribution >= 0.6 is 11.3 Å². The summed E-state index contributed by atoms with van der Waals surface area (Å²) in [5, 5.41) is 3.53. The number of amides is 1. The van der Waals surface area contributed by atoms with E-state index in [1.54, 1.807) is 11.3 Å². The van der Waals surface area contributed by atoms with E-state index in [4.69, 9.17) is 9.47 Å². The zero-order valence-corrected chi connectivity index (χ0v) is 17.5. The molecule has 156 valence electrons. The summed E-state index contributed by atoms with van der Waals surface area (Å²) in [5.74, 6) is 1.76. The number of benzene rings is 1. The van der Waals surface area contributed by atoms with Crippen molar-refractivity contribution in [2.24, 2.45) is 5.92 Å². The molecule has 2 aromatic heterocycles. The lowest BCUT2D eigenvalue weighted by Gasteiger charge is -2.26. The molecule has 1 N–H and O–H groups in total. The van der Waals surface area contributed by atoms with Crippen molar-refractivity contribution in [1.29, 1.82) is 0 Å². The van der Waals surface area contributed by atoms with Gasteiger partial charge < -0.3 is 14.8 Å². The molecule has 0 saturated heterocycles. The van der Waals surface area contributed by atoms with Crippen LogP contribution in [0.1, 0.15) is 23.8 Å². The van der Waals surface area contributed by atoms with Crippen LogP contribution < -0.4 is 20.3 Å². The smallest absolute Gasteiger partial charge is 0.262 e. The fourth-order valence-corrected chi connectivity index (χ4v) is 5.42. The largest absolute Gasteiger partial charge is 0.486 e. The van der Waals surface area contributed by atoms with Gasteiger partial charge in [-0.05, 0) is 42.9 Å². The molecule has 0 fully saturated rings. The molecule has 7 nitrogen and oxygen atoms in total. The maximum absolute atomic E-state index is 13.0. The summed E-state index contributed by atoms with van der Waals surface area (Å²) >= 11 is 1.61. The third kappa shape index (κ3) is 3.56. The lowest BCUT2D eigenvalue weighted by molar-refractivity contribution is -0.122. The molecule has 1 aliphatic carbocycles. The Hall–Kier alpha value is -2.87. The number of fused-ring (bicyclic) bond motifs is 4. The normalized spacial score (nSPS) is 20.0. The molecule has 2 aliphatic rings. The van der Waals surface area contributed by atoms with Crippen LogP contribution in [0, 0.1) is 5.92 Å². The first-order chi connectivity index (χ1) is 14.6. The highest BCUT2D eigenvalue weighted by Crippen LogP contribution is 2.35. The van der Waals surface area contributed by atoms with Crippen molar-refractivity contribution in [1.82, 2.24) is 14.9 Å². The van der Waals surface area contributed by atoms with Crippen LogP contribution in [0.3, 0.4) is 0 Å². The topological polar surface area (TPSA) is 82.5 Å². The Morgan fingerprint density at radius 3 is 3.03 bits per heavy atom. The number of carbonyl (C=O) groups excluding carboxylic acids is 1. The fourth-order valence-electron chi connectivity index (χ4n) is 4.08. The lowest BCUT2D eigenvalue weighted by Crippen LogP contribution is -2.42. The molecule has 3 aromatic rings. The van der Waals surface area contributed by atoms with Gasteiger partial charge >= 0.3 is 0 Å². The summed E-state index contributed by atoms with van der Waals surface area (Å²) in [6, 6.07) is 7.45. The molecule has 0 saturated carbocycles. The fraction of sp³-hybridized carbons (Fsp3) is 0.409. The second-order valence-corrected chi connectivity index (χ2v) is 9.09. The van der Waals surface area contributed by atoms with Crippen molar-refractivity contribution in [3.05, 3.63) is 51.4 Å². The molecule has 0 spiro atoms. The van der Waals surface area contributed by atoms with Crippen molar-refractivity contribution in [2.75, 3.05) is 13.2 Å². The quantitative estimate of drug-likeness (QED) is 0.695. The Balaban J connectivity index is 1.26. The van der Waals surface area contributed by atoms with Gasteiger partial charge in [0.2, 0.25) is 5.91 Å². The minimum atomic E-state index is -0.271. The summed E-state index contributed by atoms with van der Waals surface area (Å²) in [6.45, 7) is 2.85. The van der Waals surface area contributed by atoms with Crippen molar-refractivity contribution in [3.8, 4) is 11.5 Å². The Kier molecular flexibility index (Phi) is 4.94. The molecule has 1 amide bonds. The highest BCUT2D eigenvalue weighted by Gasteiger charge is 2.24. The predicted molar refractivity (Wildman–Crippen MR) is 114 cm³/mol. The maximum Gasteiger partial charge on any atom is 0.262 e. The minimum Gasteiger partial charge on any atom is -0.486 e. The molecule has 5 rings (SSSR count). The molecule has 0 unspecified atom stereocenters. The van der Waals surface area contributed by atoms with E-state index < -0.39 is 0 Å². The van der Waals surface area contributed by atoms with Gasteiger partial charge in [0.25, 0.3) is 5.56 Å². The van der Waals surface area contributed by atoms with E-state index in [0.717, 1.165) is 29.7 Å². The van der Waals surface area contributed by atoms with Gasteiger partial charge in [0.1, 0.15) is 24.1 Å². The number of nitrogens with one attached hydrogen (secondary N) is 1. The molecule has 30 heavy (non-hydrogen) atoms. The number of para-hydroxylation sites is 2. The average molecular weight is 426 g/mol. The highest BCUT2D eigenvalue weighted by atomic mass is 32.1. The molecule has 0 bridgehead atoms. The summed E-state index contributed by atoms with van der Waals surface area (Å²) < 4.78 is 12.9. The molecular weight excluding hydrogens is 402 g/mol. The van der Waals surface area contributed by atoms with Crippen LogP contribution in [0.25, 0.3) is 10.2 Å². The molecule has 3 heterocycles. The van der Waals surface area contributed by atoms with Gasteiger partial charge in [-0.2, -0.15) is 0 Å². The zero-order chi connectivity index (χ0) is 20.7. The van der Waals surface area contributed by atoms with Crippen LogP contribution in [-0.4, -0.2) is 34.7 Å². The van der Waals surface area contributed by atoms with E-state index in [1.807, 2.05) is 24.3 Å². The first-order valence-electron chi connectivity index (χ1n) is 10.2. The first-order valence-corrected chi connectivity index (χ1v) is 11.0. The second-order valence-electron chi connectivity index (χ2n) is 8.01. The number of ether oxygens (including phenoxy) is 2. The summed E-state index contributed by atoms with van der Waals surface area (Å²) in [6.07, 6.45) is 4.20. The van der Waals surface area contributed by atoms with E-state index in [2.05, 4.69) is 17.2 Å². The van der Waals surface area contributed by atoms with Crippen molar-refractivity contribution in [3.63, 3.8) is 0 Å². The van der Waals surface area contributed by atoms with Gasteiger partial charge in [0.05, 0.1) is 18.3 Å². The number of hydrogen-bond acceptors (Lipinski definition) is 6. The standard InChI is InChI=1S/C22H23N3O4S/c1-13-6-7-15-18(8-13)30-21-20(15)22(27)25(12-24-21)10-19(26)23-9-14-11-28-16-4-2-3-5-17(16)29-14/h2-5,12-14H,6-11H2,1H3,(H,23,26)/t13-,14-/m0/s1. The molecule has 2 atom stereocenters. The van der Waals surface area contributed by atoms with Gasteiger partial charge in [-0.1, -0.05) is 19.1 Å². The molecule has 0 radical (unpaired) electrons. The van der Waals surface area contributed by atoms with Gasteiger partial charge in [0, 0.05) is 4.88 Å². The van der Waals surface area contributed by atoms with Crippen LogP contribution in [-0.2, 0) is 24.2 Å². The Morgan fingerprint density at radius 2 is 2.17 bits per heavy atom. The number of nitrogens with zero attached hydrogens (tertiary/aromatic N) is 2. The predicted octanol–water partition coefficient (Wildman–Crippen LogP) is 2.54. The number of carbonyl (C=O) groups is 1. The van der Waals surface area contributed by atoms with Gasteiger partial charge in [0.15, 0.2) is 11.5 Å². The van der Waals surface area contributed by atoms with Crippen molar-refractivity contribution in [2.45, 2.75) is 38.8 Å². The van der Waals surface area contributed by atoms with Crippen LogP contribution in [0.5, 0.6) is 11.5 Å². The first kappa shape index (κ1) is 19.1. The van der Waals surface area contributed by atoms with Crippen LogP contribution in [0.15, 0.2) is 35.4 Å². The summed E-state index contributed by atoms with van der Waals surface area (Å²) in [5.41, 5.74) is 1.00. The number of rotatable bonds is 4. The zero-order valence-electron chi connectivity index (χ0n) is 16.7. The third-order valence-electron chi connectivity index (χ3n) is 5.69. The monoisotopic (exact) mass is 425 g/mol. The maximum atomic E-state index is 13.0. The van der Waals surface area contributed by atoms with Gasteiger partial charge in [-0.15, -0.1) is 11.3 Å². The molecule has 1 aromatic carbocycles. The van der Waals surface area contributed by atoms with Gasteiger partial charge in [-0.25, -0.2) is 4.98 Å². The number of aryl methyl sites for hydroxylation is 1. The number of hydrogen-bond donors (Lipinski definition) is 1. The second kappa shape index (κ2) is 7.75. The average Bonchev–Trinajstić information content (AvgIpc) is 3.12. The SMILES string of the molecule is C[C@H]1CCc2c(sc3ncn(CC(=O)NC[C@H]4COc5ccccc5O4)c(=O)c23)C1. The number of thiophene rings is 1. The van der Waals surface area contributed by atoms with E-state index >= 15 is 0 Å². The van der Waals surface area contributed by atoms with E-state index in [-0.39, 0.29) is 24.1 Å². The molecule has 1 aliphatic heterocycles. The van der Waals surface area contributed by atoms with Crippen molar-refractivity contribution >= 4 is 27.5 Å². The van der Waals surface area contributed by atoms with Crippen molar-refractivity contribution < 1.29 is 14.3 Å². The third-order valence-corrected chi connectivity index (χ3v) is 6.85. The Morgan fingerprint density at radius 1 is 1.33 bits per heavy atom. The molecule has 8 heteroatoms. The highest BCUT2D eigenvalue weighted by molar-refractivity contribution is 7.18. The Labute approximate surface area is 177 Å². The molecular formula is C22H23N3O4S. The minimum absolute atomic E-state index is 0.0625. The van der Waals surface area contributed by atoms with E-state index in [0.29, 0.717) is 36.0 Å². The lowest BCUT2D eigenvalue weighted by atomic mass is 9.89. The van der Waals surface area contributed by atoms with E-state index in [1.165, 1.54) is 15.8 Å². The van der Waals surface area contributed by atoms with E-state index in [9.17, 15) is 9.59 Å². The summed E-state index contributed by atoms with van der Waals surface area (Å²) in [7, 11) is 0.